The van der Waals surface area contributed by atoms with Gasteiger partial charge in [0.2, 0.25) is 5.95 Å². The van der Waals surface area contributed by atoms with Gasteiger partial charge in [-0.05, 0) is 18.1 Å². The van der Waals surface area contributed by atoms with E-state index in [0.717, 1.165) is 11.1 Å². The van der Waals surface area contributed by atoms with E-state index in [9.17, 15) is 9.18 Å². The van der Waals surface area contributed by atoms with Crippen molar-refractivity contribution in [3.8, 4) is 0 Å². The molecule has 0 spiro atoms. The quantitative estimate of drug-likeness (QED) is 0.741. The largest absolute Gasteiger partial charge is 0.288 e. The standard InChI is InChI=1S/C11H12FNOS/c1-8-7-13-11(12)6-10(8)4-3-5-15-9(2)14/h3-4,6-7H,5H2,1-2H3. The number of carbonyl (C=O) groups excluding carboxylic acids is 1. The molecule has 0 amide bonds. The highest BCUT2D eigenvalue weighted by atomic mass is 32.2. The Bertz CT molecular complexity index is 390. The number of aromatic nitrogens is 1. The van der Waals surface area contributed by atoms with Crippen molar-refractivity contribution in [2.75, 3.05) is 5.75 Å². The molecule has 0 aliphatic heterocycles. The molecular formula is C11H12FNOS. The Morgan fingerprint density at radius 1 is 1.67 bits per heavy atom. The summed E-state index contributed by atoms with van der Waals surface area (Å²) in [6, 6.07) is 1.38. The lowest BCUT2D eigenvalue weighted by Crippen LogP contribution is -1.88. The van der Waals surface area contributed by atoms with E-state index in [4.69, 9.17) is 0 Å². The maximum Gasteiger partial charge on any atom is 0.213 e. The molecule has 0 saturated heterocycles. The molecule has 0 saturated carbocycles. The molecule has 1 rings (SSSR count). The number of carbonyl (C=O) groups is 1. The van der Waals surface area contributed by atoms with Gasteiger partial charge in [-0.25, -0.2) is 4.98 Å². The lowest BCUT2D eigenvalue weighted by molar-refractivity contribution is -0.109. The Kier molecular flexibility index (Phi) is 4.49. The Morgan fingerprint density at radius 2 is 2.40 bits per heavy atom. The van der Waals surface area contributed by atoms with Crippen LogP contribution in [-0.2, 0) is 4.79 Å². The zero-order valence-electron chi connectivity index (χ0n) is 8.66. The van der Waals surface area contributed by atoms with E-state index in [0.29, 0.717) is 5.75 Å². The molecule has 0 aliphatic carbocycles. The summed E-state index contributed by atoms with van der Waals surface area (Å²) in [5.74, 6) is 0.123. The van der Waals surface area contributed by atoms with Gasteiger partial charge >= 0.3 is 0 Å². The zero-order chi connectivity index (χ0) is 11.3. The van der Waals surface area contributed by atoms with Crippen molar-refractivity contribution in [1.29, 1.82) is 0 Å². The van der Waals surface area contributed by atoms with Crippen LogP contribution in [-0.4, -0.2) is 15.9 Å². The molecule has 80 valence electrons. The van der Waals surface area contributed by atoms with E-state index >= 15 is 0 Å². The van der Waals surface area contributed by atoms with Crippen molar-refractivity contribution in [3.05, 3.63) is 35.4 Å². The van der Waals surface area contributed by atoms with E-state index < -0.39 is 5.95 Å². The fourth-order valence-corrected chi connectivity index (χ4v) is 1.46. The fourth-order valence-electron chi connectivity index (χ4n) is 1.03. The number of hydrogen-bond acceptors (Lipinski definition) is 3. The van der Waals surface area contributed by atoms with Crippen molar-refractivity contribution < 1.29 is 9.18 Å². The average molecular weight is 225 g/mol. The summed E-state index contributed by atoms with van der Waals surface area (Å²) in [5.41, 5.74) is 1.71. The number of aryl methyl sites for hydroxylation is 1. The minimum Gasteiger partial charge on any atom is -0.288 e. The Hall–Kier alpha value is -1.16. The Balaban J connectivity index is 2.63. The van der Waals surface area contributed by atoms with Gasteiger partial charge in [0.15, 0.2) is 5.12 Å². The highest BCUT2D eigenvalue weighted by Crippen LogP contribution is 2.10. The molecule has 0 N–H and O–H groups in total. The molecule has 4 heteroatoms. The maximum absolute atomic E-state index is 12.8. The molecule has 1 heterocycles. The first-order chi connectivity index (χ1) is 7.09. The summed E-state index contributed by atoms with van der Waals surface area (Å²) >= 11 is 1.23. The first kappa shape index (κ1) is 11.9. The van der Waals surface area contributed by atoms with Crippen molar-refractivity contribution in [3.63, 3.8) is 0 Å². The monoisotopic (exact) mass is 225 g/mol. The minimum atomic E-state index is -0.487. The maximum atomic E-state index is 12.8. The highest BCUT2D eigenvalue weighted by molar-refractivity contribution is 8.13. The molecule has 0 aromatic carbocycles. The number of hydrogen-bond donors (Lipinski definition) is 0. The molecule has 1 aromatic rings. The van der Waals surface area contributed by atoms with Crippen molar-refractivity contribution in [2.45, 2.75) is 13.8 Å². The smallest absolute Gasteiger partial charge is 0.213 e. The molecule has 2 nitrogen and oxygen atoms in total. The van der Waals surface area contributed by atoms with Crippen LogP contribution in [0.1, 0.15) is 18.1 Å². The molecule has 0 bridgehead atoms. The Labute approximate surface area is 92.6 Å². The molecule has 0 radical (unpaired) electrons. The third-order valence-electron chi connectivity index (χ3n) is 1.79. The van der Waals surface area contributed by atoms with Crippen LogP contribution in [0.3, 0.4) is 0 Å². The van der Waals surface area contributed by atoms with Crippen LogP contribution in [0.5, 0.6) is 0 Å². The number of halogens is 1. The number of rotatable bonds is 3. The van der Waals surface area contributed by atoms with Crippen LogP contribution >= 0.6 is 11.8 Å². The summed E-state index contributed by atoms with van der Waals surface area (Å²) < 4.78 is 12.8. The van der Waals surface area contributed by atoms with E-state index in [1.807, 2.05) is 13.0 Å². The van der Waals surface area contributed by atoms with Crippen molar-refractivity contribution in [2.24, 2.45) is 0 Å². The molecule has 15 heavy (non-hydrogen) atoms. The SMILES string of the molecule is CC(=O)SCC=Cc1cc(F)ncc1C. The second-order valence-corrected chi connectivity index (χ2v) is 4.27. The number of pyridine rings is 1. The normalized spacial score (nSPS) is 10.9. The van der Waals surface area contributed by atoms with E-state index in [1.54, 1.807) is 6.08 Å². The molecule has 0 aliphatic rings. The highest BCUT2D eigenvalue weighted by Gasteiger charge is 1.97. The summed E-state index contributed by atoms with van der Waals surface area (Å²) in [6.07, 6.45) is 5.14. The summed E-state index contributed by atoms with van der Waals surface area (Å²) in [7, 11) is 0. The van der Waals surface area contributed by atoms with Crippen LogP contribution in [0, 0.1) is 12.9 Å². The van der Waals surface area contributed by atoms with E-state index in [2.05, 4.69) is 4.98 Å². The predicted octanol–water partition coefficient (Wildman–Crippen LogP) is 2.82. The number of thioether (sulfide) groups is 1. The minimum absolute atomic E-state index is 0.0808. The first-order valence-electron chi connectivity index (χ1n) is 4.51. The fraction of sp³-hybridized carbons (Fsp3) is 0.273. The topological polar surface area (TPSA) is 30.0 Å². The summed E-state index contributed by atoms with van der Waals surface area (Å²) in [4.78, 5) is 14.2. The van der Waals surface area contributed by atoms with Crippen LogP contribution in [0.4, 0.5) is 4.39 Å². The average Bonchev–Trinajstić information content (AvgIpc) is 2.17. The van der Waals surface area contributed by atoms with Gasteiger partial charge in [-0.1, -0.05) is 23.9 Å². The predicted molar refractivity (Wildman–Crippen MR) is 61.1 cm³/mol. The van der Waals surface area contributed by atoms with Crippen molar-refractivity contribution in [1.82, 2.24) is 4.98 Å². The molecular weight excluding hydrogens is 213 g/mol. The van der Waals surface area contributed by atoms with Gasteiger partial charge in [-0.3, -0.25) is 4.79 Å². The third-order valence-corrected chi connectivity index (χ3v) is 2.56. The molecule has 0 fully saturated rings. The molecule has 0 unspecified atom stereocenters. The van der Waals surface area contributed by atoms with Gasteiger partial charge in [0, 0.05) is 24.9 Å². The van der Waals surface area contributed by atoms with Crippen LogP contribution < -0.4 is 0 Å². The van der Waals surface area contributed by atoms with Gasteiger partial charge in [0.05, 0.1) is 0 Å². The second kappa shape index (κ2) is 5.66. The van der Waals surface area contributed by atoms with Crippen molar-refractivity contribution >= 4 is 23.0 Å². The van der Waals surface area contributed by atoms with Gasteiger partial charge in [-0.2, -0.15) is 4.39 Å². The van der Waals surface area contributed by atoms with Gasteiger partial charge in [0.1, 0.15) is 0 Å². The third kappa shape index (κ3) is 4.25. The van der Waals surface area contributed by atoms with E-state index in [1.165, 1.54) is 30.9 Å². The number of nitrogens with zero attached hydrogens (tertiary/aromatic N) is 1. The van der Waals surface area contributed by atoms with Gasteiger partial charge in [-0.15, -0.1) is 0 Å². The van der Waals surface area contributed by atoms with Gasteiger partial charge < -0.3 is 0 Å². The van der Waals surface area contributed by atoms with E-state index in [-0.39, 0.29) is 5.12 Å². The molecule has 0 atom stereocenters. The van der Waals surface area contributed by atoms with Gasteiger partial charge in [0.25, 0.3) is 0 Å². The Morgan fingerprint density at radius 3 is 3.07 bits per heavy atom. The molecule has 1 aromatic heterocycles. The van der Waals surface area contributed by atoms with Crippen LogP contribution in [0.2, 0.25) is 0 Å². The second-order valence-electron chi connectivity index (χ2n) is 3.07. The zero-order valence-corrected chi connectivity index (χ0v) is 9.47. The van der Waals surface area contributed by atoms with Crippen LogP contribution in [0.25, 0.3) is 6.08 Å². The summed E-state index contributed by atoms with van der Waals surface area (Å²) in [5, 5.41) is 0.0808. The van der Waals surface area contributed by atoms with Crippen LogP contribution in [0.15, 0.2) is 18.3 Å². The summed E-state index contributed by atoms with van der Waals surface area (Å²) in [6.45, 7) is 3.39. The first-order valence-corrected chi connectivity index (χ1v) is 5.50. The lowest BCUT2D eigenvalue weighted by Gasteiger charge is -1.98. The lowest BCUT2D eigenvalue weighted by atomic mass is 10.1.